The van der Waals surface area contributed by atoms with E-state index in [2.05, 4.69) is 17.7 Å². The predicted molar refractivity (Wildman–Crippen MR) is 64.1 cm³/mol. The van der Waals surface area contributed by atoms with Gasteiger partial charge < -0.3 is 5.11 Å². The summed E-state index contributed by atoms with van der Waals surface area (Å²) in [5.74, 6) is 2.53. The van der Waals surface area contributed by atoms with Gasteiger partial charge in [0, 0.05) is 12.6 Å². The zero-order valence-corrected chi connectivity index (χ0v) is 9.98. The number of aliphatic carboxylic acids is 1. The van der Waals surface area contributed by atoms with Crippen molar-refractivity contribution >= 4 is 5.97 Å². The minimum Gasteiger partial charge on any atom is -0.481 e. The normalized spacial score (nSPS) is 25.3. The molecular formula is C13H21NO2. The summed E-state index contributed by atoms with van der Waals surface area (Å²) in [5.41, 5.74) is 0. The fraction of sp³-hybridized carbons (Fsp3) is 0.769. The van der Waals surface area contributed by atoms with Gasteiger partial charge in [-0.2, -0.15) is 0 Å². The lowest BCUT2D eigenvalue weighted by molar-refractivity contribution is -0.137. The van der Waals surface area contributed by atoms with Gasteiger partial charge in [0.05, 0.1) is 13.0 Å². The lowest BCUT2D eigenvalue weighted by atomic mass is 9.85. The molecule has 0 aromatic rings. The second-order valence-corrected chi connectivity index (χ2v) is 4.65. The van der Waals surface area contributed by atoms with Crippen LogP contribution < -0.4 is 0 Å². The lowest BCUT2D eigenvalue weighted by Gasteiger charge is -2.37. The van der Waals surface area contributed by atoms with Gasteiger partial charge in [-0.05, 0) is 18.8 Å². The van der Waals surface area contributed by atoms with E-state index >= 15 is 0 Å². The molecule has 3 heteroatoms. The monoisotopic (exact) mass is 223 g/mol. The second-order valence-electron chi connectivity index (χ2n) is 4.65. The smallest absolute Gasteiger partial charge is 0.304 e. The zero-order valence-electron chi connectivity index (χ0n) is 9.98. The van der Waals surface area contributed by atoms with Gasteiger partial charge in [0.1, 0.15) is 0 Å². The van der Waals surface area contributed by atoms with Crippen LogP contribution >= 0.6 is 0 Å². The third-order valence-electron chi connectivity index (χ3n) is 3.44. The predicted octanol–water partition coefficient (Wildman–Crippen LogP) is 1.97. The Bertz CT molecular complexity index is 270. The summed E-state index contributed by atoms with van der Waals surface area (Å²) >= 11 is 0. The quantitative estimate of drug-likeness (QED) is 0.724. The number of carbonyl (C=O) groups is 1. The maximum absolute atomic E-state index is 10.6. The molecular weight excluding hydrogens is 202 g/mol. The summed E-state index contributed by atoms with van der Waals surface area (Å²) in [6, 6.07) is 0.476. The molecule has 1 saturated carbocycles. The molecule has 0 aliphatic heterocycles. The van der Waals surface area contributed by atoms with Crippen LogP contribution in [0.5, 0.6) is 0 Å². The van der Waals surface area contributed by atoms with Crippen LogP contribution in [0.3, 0.4) is 0 Å². The van der Waals surface area contributed by atoms with Crippen molar-refractivity contribution < 1.29 is 9.90 Å². The Morgan fingerprint density at radius 3 is 2.75 bits per heavy atom. The molecule has 0 aromatic heterocycles. The van der Waals surface area contributed by atoms with E-state index in [0.717, 1.165) is 6.42 Å². The van der Waals surface area contributed by atoms with Crippen molar-refractivity contribution in [1.82, 2.24) is 4.90 Å². The molecule has 0 saturated heterocycles. The third kappa shape index (κ3) is 3.86. The van der Waals surface area contributed by atoms with Gasteiger partial charge in [-0.3, -0.25) is 9.69 Å². The Morgan fingerprint density at radius 2 is 2.19 bits per heavy atom. The summed E-state index contributed by atoms with van der Waals surface area (Å²) in [6.45, 7) is 3.39. The molecule has 1 rings (SSSR count). The fourth-order valence-corrected chi connectivity index (χ4v) is 2.56. The van der Waals surface area contributed by atoms with Crippen molar-refractivity contribution in [3.8, 4) is 12.3 Å². The van der Waals surface area contributed by atoms with Crippen LogP contribution in [0.25, 0.3) is 0 Å². The highest BCUT2D eigenvalue weighted by atomic mass is 16.4. The number of hydrogen-bond acceptors (Lipinski definition) is 2. The Kier molecular flexibility index (Phi) is 5.34. The SMILES string of the molecule is C#CCN(CCC(=O)O)C1CCCCC1C. The molecule has 16 heavy (non-hydrogen) atoms. The standard InChI is InChI=1S/C13H21NO2/c1-3-9-14(10-8-13(15)16)12-7-5-4-6-11(12)2/h1,11-12H,4-10H2,2H3,(H,15,16). The van der Waals surface area contributed by atoms with E-state index in [0.29, 0.717) is 25.0 Å². The van der Waals surface area contributed by atoms with Crippen molar-refractivity contribution in [2.24, 2.45) is 5.92 Å². The zero-order chi connectivity index (χ0) is 12.0. The molecule has 0 bridgehead atoms. The van der Waals surface area contributed by atoms with Crippen LogP contribution in [0.2, 0.25) is 0 Å². The van der Waals surface area contributed by atoms with E-state index in [1.165, 1.54) is 19.3 Å². The van der Waals surface area contributed by atoms with Crippen molar-refractivity contribution in [3.63, 3.8) is 0 Å². The first-order valence-electron chi connectivity index (χ1n) is 6.04. The maximum atomic E-state index is 10.6. The van der Waals surface area contributed by atoms with Gasteiger partial charge in [0.2, 0.25) is 0 Å². The Labute approximate surface area is 97.8 Å². The second kappa shape index (κ2) is 6.55. The molecule has 90 valence electrons. The highest BCUT2D eigenvalue weighted by Gasteiger charge is 2.26. The van der Waals surface area contributed by atoms with Crippen molar-refractivity contribution in [2.75, 3.05) is 13.1 Å². The van der Waals surface area contributed by atoms with Crippen LogP contribution in [0.4, 0.5) is 0 Å². The van der Waals surface area contributed by atoms with Gasteiger partial charge in [0.15, 0.2) is 0 Å². The number of rotatable bonds is 5. The third-order valence-corrected chi connectivity index (χ3v) is 3.44. The van der Waals surface area contributed by atoms with Gasteiger partial charge in [-0.15, -0.1) is 6.42 Å². The topological polar surface area (TPSA) is 40.5 Å². The molecule has 0 aromatic carbocycles. The molecule has 1 N–H and O–H groups in total. The Hall–Kier alpha value is -1.01. The van der Waals surface area contributed by atoms with Crippen molar-refractivity contribution in [2.45, 2.75) is 45.1 Å². The minimum atomic E-state index is -0.745. The van der Waals surface area contributed by atoms with Crippen molar-refractivity contribution in [1.29, 1.82) is 0 Å². The van der Waals surface area contributed by atoms with E-state index in [-0.39, 0.29) is 6.42 Å². The van der Waals surface area contributed by atoms with E-state index in [4.69, 9.17) is 11.5 Å². The summed E-state index contributed by atoms with van der Waals surface area (Å²) in [7, 11) is 0. The molecule has 1 fully saturated rings. The van der Waals surface area contributed by atoms with Gasteiger partial charge in [0.25, 0.3) is 0 Å². The molecule has 0 radical (unpaired) electrons. The average molecular weight is 223 g/mol. The lowest BCUT2D eigenvalue weighted by Crippen LogP contribution is -2.42. The molecule has 1 aliphatic rings. The summed E-state index contributed by atoms with van der Waals surface area (Å²) in [5, 5.41) is 8.72. The molecule has 0 heterocycles. The highest BCUT2D eigenvalue weighted by molar-refractivity contribution is 5.66. The van der Waals surface area contributed by atoms with E-state index in [9.17, 15) is 4.79 Å². The minimum absolute atomic E-state index is 0.185. The van der Waals surface area contributed by atoms with Gasteiger partial charge >= 0.3 is 5.97 Å². The highest BCUT2D eigenvalue weighted by Crippen LogP contribution is 2.27. The molecule has 3 nitrogen and oxygen atoms in total. The average Bonchev–Trinajstić information content (AvgIpc) is 2.25. The Balaban J connectivity index is 2.53. The number of nitrogens with zero attached hydrogens (tertiary/aromatic N) is 1. The first kappa shape index (κ1) is 13.1. The molecule has 0 amide bonds. The van der Waals surface area contributed by atoms with Crippen LogP contribution in [0.15, 0.2) is 0 Å². The number of carboxylic acid groups (broad SMARTS) is 1. The maximum Gasteiger partial charge on any atom is 0.304 e. The molecule has 2 atom stereocenters. The van der Waals surface area contributed by atoms with E-state index in [1.807, 2.05) is 0 Å². The van der Waals surface area contributed by atoms with Crippen LogP contribution in [-0.4, -0.2) is 35.1 Å². The summed E-state index contributed by atoms with van der Waals surface area (Å²) in [4.78, 5) is 12.8. The van der Waals surface area contributed by atoms with E-state index < -0.39 is 5.97 Å². The first-order valence-corrected chi connectivity index (χ1v) is 6.04. The van der Waals surface area contributed by atoms with Gasteiger partial charge in [-0.1, -0.05) is 25.7 Å². The first-order chi connectivity index (χ1) is 7.65. The number of carboxylic acids is 1. The van der Waals surface area contributed by atoms with Crippen molar-refractivity contribution in [3.05, 3.63) is 0 Å². The number of hydrogen-bond donors (Lipinski definition) is 1. The summed E-state index contributed by atoms with van der Waals surface area (Å²) < 4.78 is 0. The molecule has 0 spiro atoms. The molecule has 1 aliphatic carbocycles. The summed E-state index contributed by atoms with van der Waals surface area (Å²) in [6.07, 6.45) is 10.5. The van der Waals surface area contributed by atoms with Crippen LogP contribution in [0.1, 0.15) is 39.0 Å². The Morgan fingerprint density at radius 1 is 1.50 bits per heavy atom. The van der Waals surface area contributed by atoms with Crippen LogP contribution in [0, 0.1) is 18.3 Å². The fourth-order valence-electron chi connectivity index (χ4n) is 2.56. The number of terminal acetylenes is 1. The largest absolute Gasteiger partial charge is 0.481 e. The molecule has 2 unspecified atom stereocenters. The van der Waals surface area contributed by atoms with Gasteiger partial charge in [-0.25, -0.2) is 0 Å². The van der Waals surface area contributed by atoms with E-state index in [1.54, 1.807) is 0 Å². The van der Waals surface area contributed by atoms with Crippen LogP contribution in [-0.2, 0) is 4.79 Å².